The molecule has 2 aromatic rings. The number of hydroxylamine groups is 1. The fourth-order valence-corrected chi connectivity index (χ4v) is 2.64. The molecule has 1 amide bonds. The lowest BCUT2D eigenvalue weighted by molar-refractivity contribution is 0.0143. The van der Waals surface area contributed by atoms with Crippen LogP contribution in [0.3, 0.4) is 0 Å². The maximum Gasteiger partial charge on any atom is 0.295 e. The first-order valence-electron chi connectivity index (χ1n) is 6.37. The van der Waals surface area contributed by atoms with Crippen LogP contribution < -0.4 is 5.48 Å². The van der Waals surface area contributed by atoms with E-state index < -0.39 is 0 Å². The predicted octanol–water partition coefficient (Wildman–Crippen LogP) is 1.87. The third-order valence-corrected chi connectivity index (χ3v) is 3.92. The highest BCUT2D eigenvalue weighted by molar-refractivity contribution is 14.1. The third kappa shape index (κ3) is 2.94. The van der Waals surface area contributed by atoms with E-state index in [4.69, 9.17) is 9.57 Å². The Labute approximate surface area is 129 Å². The van der Waals surface area contributed by atoms with Gasteiger partial charge in [0, 0.05) is 21.5 Å². The number of nitrogens with zero attached hydrogens (tertiary/aromatic N) is 1. The second-order valence-corrected chi connectivity index (χ2v) is 5.98. The number of amides is 1. The van der Waals surface area contributed by atoms with Crippen LogP contribution in [0.15, 0.2) is 18.2 Å². The Morgan fingerprint density at radius 2 is 2.50 bits per heavy atom. The number of ether oxygens (including phenoxy) is 1. The number of H-pyrrole nitrogens is 1. The molecule has 1 aliphatic heterocycles. The van der Waals surface area contributed by atoms with Crippen molar-refractivity contribution in [1.82, 2.24) is 15.7 Å². The molecule has 2 N–H and O–H groups in total. The molecule has 3 rings (SSSR count). The molecule has 0 bridgehead atoms. The summed E-state index contributed by atoms with van der Waals surface area (Å²) in [5, 5.41) is 7.67. The monoisotopic (exact) mass is 387 g/mol. The minimum absolute atomic E-state index is 0.336. The number of halogens is 1. The zero-order chi connectivity index (χ0) is 13.9. The molecule has 1 fully saturated rings. The Balaban J connectivity index is 1.64. The number of aromatic nitrogens is 2. The standard InChI is InChI=1S/C13H14IN3O3/c14-9-1-2-11-10(5-9)12(16-15-11)13(18)17-20-7-8-3-4-19-6-8/h1-2,5,8H,3-4,6-7H2,(H,15,16)(H,17,18). The largest absolute Gasteiger partial charge is 0.381 e. The molecular formula is C13H14IN3O3. The smallest absolute Gasteiger partial charge is 0.295 e. The molecule has 1 aromatic carbocycles. The summed E-state index contributed by atoms with van der Waals surface area (Å²) in [6.07, 6.45) is 0.972. The van der Waals surface area contributed by atoms with Crippen LogP contribution in [0.2, 0.25) is 0 Å². The maximum atomic E-state index is 12.1. The van der Waals surface area contributed by atoms with Gasteiger partial charge < -0.3 is 4.74 Å². The molecule has 0 radical (unpaired) electrons. The summed E-state index contributed by atoms with van der Waals surface area (Å²) in [5.74, 6) is 0.0179. The summed E-state index contributed by atoms with van der Waals surface area (Å²) < 4.78 is 6.30. The van der Waals surface area contributed by atoms with Crippen molar-refractivity contribution in [2.75, 3.05) is 19.8 Å². The summed E-state index contributed by atoms with van der Waals surface area (Å²) in [4.78, 5) is 17.3. The topological polar surface area (TPSA) is 76.2 Å². The van der Waals surface area contributed by atoms with Gasteiger partial charge in [-0.3, -0.25) is 14.7 Å². The average Bonchev–Trinajstić information content (AvgIpc) is 3.07. The van der Waals surface area contributed by atoms with Gasteiger partial charge >= 0.3 is 0 Å². The van der Waals surface area contributed by atoms with Gasteiger partial charge in [0.05, 0.1) is 18.7 Å². The van der Waals surface area contributed by atoms with Crippen LogP contribution in [0.4, 0.5) is 0 Å². The normalized spacial score (nSPS) is 18.6. The lowest BCUT2D eigenvalue weighted by atomic mass is 10.1. The number of rotatable bonds is 4. The highest BCUT2D eigenvalue weighted by atomic mass is 127. The molecule has 1 unspecified atom stereocenters. The van der Waals surface area contributed by atoms with Gasteiger partial charge in [-0.25, -0.2) is 5.48 Å². The Morgan fingerprint density at radius 3 is 3.30 bits per heavy atom. The highest BCUT2D eigenvalue weighted by Gasteiger charge is 2.18. The molecule has 2 heterocycles. The lowest BCUT2D eigenvalue weighted by Crippen LogP contribution is -2.27. The van der Waals surface area contributed by atoms with Crippen LogP contribution in [-0.2, 0) is 9.57 Å². The van der Waals surface area contributed by atoms with Crippen LogP contribution in [0.5, 0.6) is 0 Å². The van der Waals surface area contributed by atoms with Crippen LogP contribution >= 0.6 is 22.6 Å². The molecule has 1 saturated heterocycles. The minimum Gasteiger partial charge on any atom is -0.381 e. The van der Waals surface area contributed by atoms with Gasteiger partial charge in [-0.05, 0) is 47.2 Å². The molecular weight excluding hydrogens is 373 g/mol. The number of carbonyl (C=O) groups excluding carboxylic acids is 1. The van der Waals surface area contributed by atoms with Crippen molar-refractivity contribution in [1.29, 1.82) is 0 Å². The third-order valence-electron chi connectivity index (χ3n) is 3.25. The van der Waals surface area contributed by atoms with Crippen molar-refractivity contribution in [2.24, 2.45) is 5.92 Å². The number of nitrogens with one attached hydrogen (secondary N) is 2. The Bertz CT molecular complexity index is 622. The van der Waals surface area contributed by atoms with E-state index in [2.05, 4.69) is 38.3 Å². The van der Waals surface area contributed by atoms with Crippen molar-refractivity contribution >= 4 is 39.4 Å². The van der Waals surface area contributed by atoms with Gasteiger partial charge in [0.1, 0.15) is 0 Å². The Morgan fingerprint density at radius 1 is 1.60 bits per heavy atom. The Hall–Kier alpha value is -1.19. The first-order chi connectivity index (χ1) is 9.74. The number of benzene rings is 1. The van der Waals surface area contributed by atoms with E-state index in [0.29, 0.717) is 24.8 Å². The van der Waals surface area contributed by atoms with Gasteiger partial charge in [-0.1, -0.05) is 0 Å². The zero-order valence-electron chi connectivity index (χ0n) is 10.7. The molecule has 7 heteroatoms. The molecule has 0 saturated carbocycles. The SMILES string of the molecule is O=C(NOCC1CCOC1)c1n[nH]c2ccc(I)cc12. The fraction of sp³-hybridized carbons (Fsp3) is 0.385. The summed E-state index contributed by atoms with van der Waals surface area (Å²) >= 11 is 2.20. The van der Waals surface area contributed by atoms with Gasteiger partial charge in [0.15, 0.2) is 5.69 Å². The molecule has 6 nitrogen and oxygen atoms in total. The summed E-state index contributed by atoms with van der Waals surface area (Å²) in [7, 11) is 0. The Kier molecular flexibility index (Phi) is 4.18. The zero-order valence-corrected chi connectivity index (χ0v) is 12.8. The van der Waals surface area contributed by atoms with E-state index in [1.165, 1.54) is 0 Å². The maximum absolute atomic E-state index is 12.1. The van der Waals surface area contributed by atoms with E-state index in [-0.39, 0.29) is 5.91 Å². The van der Waals surface area contributed by atoms with Crippen LogP contribution in [0.1, 0.15) is 16.9 Å². The van der Waals surface area contributed by atoms with E-state index in [0.717, 1.165) is 27.5 Å². The number of hydrogen-bond acceptors (Lipinski definition) is 4. The minimum atomic E-state index is -0.336. The van der Waals surface area contributed by atoms with Gasteiger partial charge in [-0.2, -0.15) is 5.10 Å². The summed E-state index contributed by atoms with van der Waals surface area (Å²) in [6.45, 7) is 1.93. The highest BCUT2D eigenvalue weighted by Crippen LogP contribution is 2.19. The quantitative estimate of drug-likeness (QED) is 0.621. The van der Waals surface area contributed by atoms with Gasteiger partial charge in [0.2, 0.25) is 0 Å². The van der Waals surface area contributed by atoms with Crippen LogP contribution in [-0.4, -0.2) is 35.9 Å². The van der Waals surface area contributed by atoms with E-state index in [9.17, 15) is 4.79 Å². The summed E-state index contributed by atoms with van der Waals surface area (Å²) in [5.41, 5.74) is 3.63. The number of fused-ring (bicyclic) bond motifs is 1. The molecule has 1 aromatic heterocycles. The van der Waals surface area contributed by atoms with Gasteiger partial charge in [-0.15, -0.1) is 0 Å². The van der Waals surface area contributed by atoms with Crippen molar-refractivity contribution in [3.8, 4) is 0 Å². The van der Waals surface area contributed by atoms with Gasteiger partial charge in [0.25, 0.3) is 5.91 Å². The molecule has 106 valence electrons. The van der Waals surface area contributed by atoms with Crippen molar-refractivity contribution < 1.29 is 14.4 Å². The van der Waals surface area contributed by atoms with Crippen molar-refractivity contribution in [3.63, 3.8) is 0 Å². The summed E-state index contributed by atoms with van der Waals surface area (Å²) in [6, 6.07) is 5.77. The average molecular weight is 387 g/mol. The number of carbonyl (C=O) groups is 1. The van der Waals surface area contributed by atoms with Crippen LogP contribution in [0, 0.1) is 9.49 Å². The number of hydrogen-bond donors (Lipinski definition) is 2. The van der Waals surface area contributed by atoms with E-state index in [1.807, 2.05) is 18.2 Å². The lowest BCUT2D eigenvalue weighted by Gasteiger charge is -2.08. The molecule has 0 spiro atoms. The first kappa shape index (κ1) is 13.8. The molecule has 1 atom stereocenters. The fourth-order valence-electron chi connectivity index (χ4n) is 2.15. The first-order valence-corrected chi connectivity index (χ1v) is 7.45. The van der Waals surface area contributed by atoms with Crippen LogP contribution in [0.25, 0.3) is 10.9 Å². The number of aromatic amines is 1. The molecule has 1 aliphatic rings. The van der Waals surface area contributed by atoms with Crippen molar-refractivity contribution in [2.45, 2.75) is 6.42 Å². The second kappa shape index (κ2) is 6.06. The molecule has 0 aliphatic carbocycles. The predicted molar refractivity (Wildman–Crippen MR) is 81.2 cm³/mol. The second-order valence-electron chi connectivity index (χ2n) is 4.73. The van der Waals surface area contributed by atoms with E-state index in [1.54, 1.807) is 0 Å². The van der Waals surface area contributed by atoms with Crippen molar-refractivity contribution in [3.05, 3.63) is 27.5 Å². The molecule has 20 heavy (non-hydrogen) atoms. The van der Waals surface area contributed by atoms with E-state index >= 15 is 0 Å².